The molecule has 4 rings (SSSR count). The summed E-state index contributed by atoms with van der Waals surface area (Å²) >= 11 is 0. The van der Waals surface area contributed by atoms with Crippen LogP contribution in [0.5, 0.6) is 0 Å². The standard InChI is InChI=1S/C25H27N3O4/c29-22-14-13-21(28(22)16-18-9-5-2-6-10-18)24(31)27-20(15-17-7-3-1-4-8-17)23(30)25(32)26-19-11-12-19/h1-10,19-21H,11-16H2,(H,26,32)(H,27,31)/t20?,21-/m0/s1. The molecule has 2 fully saturated rings. The molecule has 2 aliphatic rings. The van der Waals surface area contributed by atoms with Gasteiger partial charge in [0.15, 0.2) is 0 Å². The lowest BCUT2D eigenvalue weighted by atomic mass is 10.0. The van der Waals surface area contributed by atoms with E-state index in [1.54, 1.807) is 4.90 Å². The minimum absolute atomic E-state index is 0.0494. The van der Waals surface area contributed by atoms with Crippen molar-refractivity contribution in [1.29, 1.82) is 0 Å². The van der Waals surface area contributed by atoms with Crippen LogP contribution in [0.15, 0.2) is 60.7 Å². The summed E-state index contributed by atoms with van der Waals surface area (Å²) in [5, 5.41) is 5.48. The maximum atomic E-state index is 13.2. The summed E-state index contributed by atoms with van der Waals surface area (Å²) in [6, 6.07) is 17.1. The van der Waals surface area contributed by atoms with Crippen molar-refractivity contribution >= 4 is 23.5 Å². The van der Waals surface area contributed by atoms with Gasteiger partial charge in [0.1, 0.15) is 12.1 Å². The molecule has 0 bridgehead atoms. The first-order chi connectivity index (χ1) is 15.5. The Bertz CT molecular complexity index is 989. The Balaban J connectivity index is 1.48. The highest BCUT2D eigenvalue weighted by Gasteiger charge is 2.38. The minimum atomic E-state index is -0.988. The lowest BCUT2D eigenvalue weighted by Crippen LogP contribution is -2.53. The van der Waals surface area contributed by atoms with Crippen LogP contribution < -0.4 is 10.6 Å². The van der Waals surface area contributed by atoms with E-state index in [0.717, 1.165) is 24.0 Å². The van der Waals surface area contributed by atoms with Crippen LogP contribution in [0, 0.1) is 0 Å². The van der Waals surface area contributed by atoms with E-state index in [9.17, 15) is 19.2 Å². The molecule has 0 spiro atoms. The summed E-state index contributed by atoms with van der Waals surface area (Å²) in [4.78, 5) is 52.5. The quantitative estimate of drug-likeness (QED) is 0.589. The number of carbonyl (C=O) groups excluding carboxylic acids is 4. The van der Waals surface area contributed by atoms with Gasteiger partial charge in [0.05, 0.1) is 0 Å². The Morgan fingerprint density at radius 1 is 0.906 bits per heavy atom. The third-order valence-electron chi connectivity index (χ3n) is 5.88. The summed E-state index contributed by atoms with van der Waals surface area (Å²) in [6.07, 6.45) is 2.62. The van der Waals surface area contributed by atoms with Crippen molar-refractivity contribution in [2.24, 2.45) is 0 Å². The van der Waals surface area contributed by atoms with Crippen molar-refractivity contribution in [1.82, 2.24) is 15.5 Å². The van der Waals surface area contributed by atoms with E-state index in [4.69, 9.17) is 0 Å². The van der Waals surface area contributed by atoms with Gasteiger partial charge in [-0.3, -0.25) is 19.2 Å². The first kappa shape index (κ1) is 21.7. The van der Waals surface area contributed by atoms with Gasteiger partial charge in [-0.1, -0.05) is 60.7 Å². The first-order valence-corrected chi connectivity index (χ1v) is 11.0. The average Bonchev–Trinajstić information content (AvgIpc) is 3.55. The molecule has 1 saturated heterocycles. The third-order valence-corrected chi connectivity index (χ3v) is 5.88. The van der Waals surface area contributed by atoms with Gasteiger partial charge in [-0.15, -0.1) is 0 Å². The average molecular weight is 434 g/mol. The fraction of sp³-hybridized carbons (Fsp3) is 0.360. The van der Waals surface area contributed by atoms with Crippen LogP contribution in [-0.4, -0.2) is 46.5 Å². The van der Waals surface area contributed by atoms with Gasteiger partial charge >= 0.3 is 0 Å². The molecule has 1 heterocycles. The lowest BCUT2D eigenvalue weighted by Gasteiger charge is -2.26. The van der Waals surface area contributed by atoms with Crippen LogP contribution in [0.3, 0.4) is 0 Å². The molecule has 2 aromatic carbocycles. The monoisotopic (exact) mass is 433 g/mol. The van der Waals surface area contributed by atoms with E-state index in [-0.39, 0.29) is 24.8 Å². The van der Waals surface area contributed by atoms with Crippen molar-refractivity contribution < 1.29 is 19.2 Å². The largest absolute Gasteiger partial charge is 0.347 e. The summed E-state index contributed by atoms with van der Waals surface area (Å²) in [5.41, 5.74) is 1.77. The molecule has 0 aromatic heterocycles. The fourth-order valence-corrected chi connectivity index (χ4v) is 3.95. The molecular formula is C25H27N3O4. The number of hydrogen-bond donors (Lipinski definition) is 2. The molecule has 1 aliphatic heterocycles. The van der Waals surface area contributed by atoms with Gasteiger partial charge in [-0.2, -0.15) is 0 Å². The van der Waals surface area contributed by atoms with Crippen molar-refractivity contribution in [3.05, 3.63) is 71.8 Å². The molecule has 2 atom stereocenters. The molecular weight excluding hydrogens is 406 g/mol. The normalized spacial score (nSPS) is 18.8. The number of likely N-dealkylation sites (tertiary alicyclic amines) is 1. The van der Waals surface area contributed by atoms with Crippen molar-refractivity contribution in [2.75, 3.05) is 0 Å². The number of amides is 3. The molecule has 1 aliphatic carbocycles. The predicted octanol–water partition coefficient (Wildman–Crippen LogP) is 1.75. The Morgan fingerprint density at radius 2 is 1.53 bits per heavy atom. The highest BCUT2D eigenvalue weighted by Crippen LogP contribution is 2.22. The number of nitrogens with one attached hydrogen (secondary N) is 2. The Morgan fingerprint density at radius 3 is 2.16 bits per heavy atom. The molecule has 2 aromatic rings. The van der Waals surface area contributed by atoms with E-state index >= 15 is 0 Å². The number of rotatable bonds is 9. The second-order valence-corrected chi connectivity index (χ2v) is 8.42. The van der Waals surface area contributed by atoms with Crippen molar-refractivity contribution in [3.63, 3.8) is 0 Å². The smallest absolute Gasteiger partial charge is 0.289 e. The molecule has 166 valence electrons. The van der Waals surface area contributed by atoms with E-state index in [0.29, 0.717) is 13.0 Å². The number of carbonyl (C=O) groups is 4. The van der Waals surface area contributed by atoms with Gasteiger partial charge in [0.25, 0.3) is 5.91 Å². The molecule has 1 saturated carbocycles. The first-order valence-electron chi connectivity index (χ1n) is 11.0. The highest BCUT2D eigenvalue weighted by atomic mass is 16.2. The molecule has 2 N–H and O–H groups in total. The zero-order valence-electron chi connectivity index (χ0n) is 17.8. The van der Waals surface area contributed by atoms with Gasteiger partial charge in [0, 0.05) is 25.4 Å². The van der Waals surface area contributed by atoms with Gasteiger partial charge in [-0.25, -0.2) is 0 Å². The zero-order valence-corrected chi connectivity index (χ0v) is 17.8. The third kappa shape index (κ3) is 5.41. The van der Waals surface area contributed by atoms with Crippen LogP contribution in [-0.2, 0) is 32.1 Å². The van der Waals surface area contributed by atoms with Crippen LogP contribution >= 0.6 is 0 Å². The van der Waals surface area contributed by atoms with Crippen molar-refractivity contribution in [2.45, 2.75) is 56.8 Å². The molecule has 7 heteroatoms. The Labute approximate surface area is 187 Å². The second kappa shape index (κ2) is 9.77. The van der Waals surface area contributed by atoms with E-state index in [1.807, 2.05) is 60.7 Å². The number of Topliss-reactive ketones (excluding diaryl/α,β-unsaturated/α-hetero) is 1. The molecule has 7 nitrogen and oxygen atoms in total. The van der Waals surface area contributed by atoms with E-state index in [1.165, 1.54) is 0 Å². The lowest BCUT2D eigenvalue weighted by molar-refractivity contribution is -0.141. The summed E-state index contributed by atoms with van der Waals surface area (Å²) in [5.74, 6) is -1.82. The molecule has 3 amide bonds. The maximum absolute atomic E-state index is 13.2. The van der Waals surface area contributed by atoms with Crippen LogP contribution in [0.4, 0.5) is 0 Å². The summed E-state index contributed by atoms with van der Waals surface area (Å²) in [7, 11) is 0. The van der Waals surface area contributed by atoms with Crippen LogP contribution in [0.25, 0.3) is 0 Å². The van der Waals surface area contributed by atoms with Gasteiger partial charge in [-0.05, 0) is 30.4 Å². The second-order valence-electron chi connectivity index (χ2n) is 8.42. The fourth-order valence-electron chi connectivity index (χ4n) is 3.95. The van der Waals surface area contributed by atoms with E-state index in [2.05, 4.69) is 10.6 Å². The number of ketones is 1. The van der Waals surface area contributed by atoms with Gasteiger partial charge in [0.2, 0.25) is 17.6 Å². The predicted molar refractivity (Wildman–Crippen MR) is 118 cm³/mol. The van der Waals surface area contributed by atoms with Crippen LogP contribution in [0.1, 0.15) is 36.8 Å². The van der Waals surface area contributed by atoms with Crippen LogP contribution in [0.2, 0.25) is 0 Å². The number of benzene rings is 2. The minimum Gasteiger partial charge on any atom is -0.347 e. The molecule has 32 heavy (non-hydrogen) atoms. The topological polar surface area (TPSA) is 95.6 Å². The highest BCUT2D eigenvalue weighted by molar-refractivity contribution is 6.38. The number of nitrogens with zero attached hydrogens (tertiary/aromatic N) is 1. The Hall–Kier alpha value is -3.48. The Kier molecular flexibility index (Phi) is 6.63. The van der Waals surface area contributed by atoms with Gasteiger partial charge < -0.3 is 15.5 Å². The van der Waals surface area contributed by atoms with E-state index < -0.39 is 29.7 Å². The maximum Gasteiger partial charge on any atom is 0.289 e. The molecule has 0 radical (unpaired) electrons. The number of hydrogen-bond acceptors (Lipinski definition) is 4. The van der Waals surface area contributed by atoms with Crippen molar-refractivity contribution in [3.8, 4) is 0 Å². The summed E-state index contributed by atoms with van der Waals surface area (Å²) in [6.45, 7) is 0.331. The SMILES string of the molecule is O=C(NC1CC1)C(=O)C(Cc1ccccc1)NC(=O)[C@@H]1CCC(=O)N1Cc1ccccc1. The zero-order chi connectivity index (χ0) is 22.5. The molecule has 1 unspecified atom stereocenters. The summed E-state index contributed by atoms with van der Waals surface area (Å²) < 4.78 is 0.